The fraction of sp³-hybridized carbons (Fsp3) is 0.400. The number of fused-ring (bicyclic) bond motifs is 2. The van der Waals surface area contributed by atoms with Crippen LogP contribution in [0.3, 0.4) is 0 Å². The highest BCUT2D eigenvalue weighted by Crippen LogP contribution is 2.34. The zero-order valence-electron chi connectivity index (χ0n) is 14.8. The second-order valence-corrected chi connectivity index (χ2v) is 6.59. The zero-order valence-corrected chi connectivity index (χ0v) is 14.8. The Labute approximate surface area is 157 Å². The Bertz CT molecular complexity index is 782. The molecule has 0 radical (unpaired) electrons. The van der Waals surface area contributed by atoms with Gasteiger partial charge in [-0.2, -0.15) is 0 Å². The van der Waals surface area contributed by atoms with Crippen molar-refractivity contribution in [1.82, 2.24) is 0 Å². The predicted octanol–water partition coefficient (Wildman–Crippen LogP) is 3.59. The standard InChI is InChI=1S/C20H21N3O4/c21-23-22-17-19(25-12-15-9-5-2-6-10-15)18(16-13-26-20(17)27-16)24-11-14-7-3-1-4-8-14/h1-10,16-20H,11-13H2/t16-,17?,18-,19-,20?/m1/s1. The third-order valence-electron chi connectivity index (χ3n) is 4.79. The molecule has 5 atom stereocenters. The van der Waals surface area contributed by atoms with Gasteiger partial charge in [0.05, 0.1) is 19.8 Å². The van der Waals surface area contributed by atoms with E-state index in [1.165, 1.54) is 0 Å². The molecule has 0 spiro atoms. The summed E-state index contributed by atoms with van der Waals surface area (Å²) in [6.07, 6.45) is -1.67. The molecule has 2 unspecified atom stereocenters. The highest BCUT2D eigenvalue weighted by molar-refractivity contribution is 5.15. The van der Waals surface area contributed by atoms with Crippen LogP contribution in [-0.4, -0.2) is 37.3 Å². The minimum absolute atomic E-state index is 0.246. The molecule has 0 aromatic heterocycles. The van der Waals surface area contributed by atoms with E-state index in [9.17, 15) is 0 Å². The highest BCUT2D eigenvalue weighted by Gasteiger charge is 2.51. The quantitative estimate of drug-likeness (QED) is 0.425. The summed E-state index contributed by atoms with van der Waals surface area (Å²) in [7, 11) is 0. The summed E-state index contributed by atoms with van der Waals surface area (Å²) in [5, 5.41) is 3.89. The predicted molar refractivity (Wildman–Crippen MR) is 97.6 cm³/mol. The smallest absolute Gasteiger partial charge is 0.169 e. The Hall–Kier alpha value is -2.41. The van der Waals surface area contributed by atoms with E-state index < -0.39 is 18.4 Å². The van der Waals surface area contributed by atoms with Gasteiger partial charge in [-0.15, -0.1) is 0 Å². The molecule has 27 heavy (non-hydrogen) atoms. The summed E-state index contributed by atoms with van der Waals surface area (Å²) >= 11 is 0. The van der Waals surface area contributed by atoms with E-state index in [2.05, 4.69) is 10.0 Å². The van der Waals surface area contributed by atoms with Gasteiger partial charge in [0.25, 0.3) is 0 Å². The van der Waals surface area contributed by atoms with Crippen molar-refractivity contribution in [3.63, 3.8) is 0 Å². The lowest BCUT2D eigenvalue weighted by molar-refractivity contribution is -0.211. The van der Waals surface area contributed by atoms with Crippen LogP contribution < -0.4 is 0 Å². The van der Waals surface area contributed by atoms with Crippen molar-refractivity contribution in [2.24, 2.45) is 5.11 Å². The molecular formula is C20H21N3O4. The molecule has 7 heteroatoms. The summed E-state index contributed by atoms with van der Waals surface area (Å²) in [4.78, 5) is 2.96. The lowest BCUT2D eigenvalue weighted by Gasteiger charge is -2.38. The van der Waals surface area contributed by atoms with Crippen LogP contribution >= 0.6 is 0 Å². The number of ether oxygens (including phenoxy) is 4. The number of nitrogens with zero attached hydrogens (tertiary/aromatic N) is 3. The molecule has 0 amide bonds. The molecule has 2 heterocycles. The molecule has 0 N–H and O–H groups in total. The maximum atomic E-state index is 8.99. The van der Waals surface area contributed by atoms with E-state index in [-0.39, 0.29) is 12.2 Å². The number of hydrogen-bond donors (Lipinski definition) is 0. The van der Waals surface area contributed by atoms with Gasteiger partial charge in [-0.3, -0.25) is 0 Å². The van der Waals surface area contributed by atoms with Crippen molar-refractivity contribution in [1.29, 1.82) is 0 Å². The number of hydrogen-bond acceptors (Lipinski definition) is 5. The van der Waals surface area contributed by atoms with Gasteiger partial charge in [-0.1, -0.05) is 65.8 Å². The summed E-state index contributed by atoms with van der Waals surface area (Å²) in [5.41, 5.74) is 11.1. The van der Waals surface area contributed by atoms with Gasteiger partial charge in [0, 0.05) is 4.91 Å². The lowest BCUT2D eigenvalue weighted by atomic mass is 9.98. The van der Waals surface area contributed by atoms with E-state index in [1.54, 1.807) is 0 Å². The second kappa shape index (κ2) is 8.52. The van der Waals surface area contributed by atoms with Crippen molar-refractivity contribution >= 4 is 0 Å². The van der Waals surface area contributed by atoms with E-state index in [4.69, 9.17) is 24.5 Å². The van der Waals surface area contributed by atoms with Crippen LogP contribution in [0.4, 0.5) is 0 Å². The average molecular weight is 367 g/mol. The summed E-state index contributed by atoms with van der Waals surface area (Å²) in [5.74, 6) is 0. The molecule has 2 fully saturated rings. The van der Waals surface area contributed by atoms with Crippen LogP contribution in [0.1, 0.15) is 11.1 Å². The van der Waals surface area contributed by atoms with Crippen LogP contribution in [0.25, 0.3) is 10.4 Å². The molecular weight excluding hydrogens is 346 g/mol. The van der Waals surface area contributed by atoms with E-state index in [1.807, 2.05) is 60.7 Å². The molecule has 0 saturated carbocycles. The maximum absolute atomic E-state index is 8.99. The SMILES string of the molecule is [N-]=[N+]=NC1C2OC[C@@H](O2)[C@@H](OCc2ccccc2)[C@@H]1OCc1ccccc1. The van der Waals surface area contributed by atoms with Gasteiger partial charge in [0.2, 0.25) is 0 Å². The van der Waals surface area contributed by atoms with Crippen LogP contribution in [-0.2, 0) is 32.2 Å². The number of benzene rings is 2. The summed E-state index contributed by atoms with van der Waals surface area (Å²) in [6, 6.07) is 19.2. The molecule has 140 valence electrons. The third kappa shape index (κ3) is 4.13. The summed E-state index contributed by atoms with van der Waals surface area (Å²) in [6.45, 7) is 1.21. The molecule has 2 saturated heterocycles. The molecule has 2 aliphatic heterocycles. The fourth-order valence-corrected chi connectivity index (χ4v) is 3.46. The first-order chi connectivity index (χ1) is 13.3. The Morgan fingerprint density at radius 2 is 1.52 bits per heavy atom. The van der Waals surface area contributed by atoms with Gasteiger partial charge in [0.1, 0.15) is 24.4 Å². The zero-order chi connectivity index (χ0) is 18.5. The summed E-state index contributed by atoms with van der Waals surface area (Å²) < 4.78 is 23.8. The van der Waals surface area contributed by atoms with Crippen molar-refractivity contribution < 1.29 is 18.9 Å². The second-order valence-electron chi connectivity index (χ2n) is 6.59. The van der Waals surface area contributed by atoms with E-state index in [0.717, 1.165) is 11.1 Å². The largest absolute Gasteiger partial charge is 0.370 e. The molecule has 2 aromatic rings. The van der Waals surface area contributed by atoms with Crippen molar-refractivity contribution in [3.8, 4) is 0 Å². The lowest BCUT2D eigenvalue weighted by Crippen LogP contribution is -2.55. The van der Waals surface area contributed by atoms with Crippen LogP contribution in [0.2, 0.25) is 0 Å². The maximum Gasteiger partial charge on any atom is 0.169 e. The van der Waals surface area contributed by atoms with Crippen molar-refractivity contribution in [3.05, 3.63) is 82.2 Å². The monoisotopic (exact) mass is 367 g/mol. The first-order valence-corrected chi connectivity index (χ1v) is 8.97. The molecule has 2 aliphatic rings. The van der Waals surface area contributed by atoms with Gasteiger partial charge in [-0.05, 0) is 16.7 Å². The first-order valence-electron chi connectivity index (χ1n) is 8.97. The van der Waals surface area contributed by atoms with Gasteiger partial charge < -0.3 is 18.9 Å². The Morgan fingerprint density at radius 1 is 0.926 bits per heavy atom. The van der Waals surface area contributed by atoms with Crippen molar-refractivity contribution in [2.45, 2.75) is 43.9 Å². The average Bonchev–Trinajstić information content (AvgIpc) is 3.15. The molecule has 2 bridgehead atoms. The number of rotatable bonds is 7. The highest BCUT2D eigenvalue weighted by atomic mass is 16.7. The third-order valence-corrected chi connectivity index (χ3v) is 4.79. The van der Waals surface area contributed by atoms with Crippen LogP contribution in [0, 0.1) is 0 Å². The number of azide groups is 1. The fourth-order valence-electron chi connectivity index (χ4n) is 3.46. The minimum Gasteiger partial charge on any atom is -0.370 e. The van der Waals surface area contributed by atoms with Gasteiger partial charge in [-0.25, -0.2) is 0 Å². The Morgan fingerprint density at radius 3 is 2.11 bits per heavy atom. The van der Waals surface area contributed by atoms with Gasteiger partial charge >= 0.3 is 0 Å². The van der Waals surface area contributed by atoms with Gasteiger partial charge in [0.15, 0.2) is 6.29 Å². The normalized spacial score (nSPS) is 29.3. The molecule has 0 aliphatic carbocycles. The molecule has 4 rings (SSSR count). The van der Waals surface area contributed by atoms with E-state index in [0.29, 0.717) is 19.8 Å². The van der Waals surface area contributed by atoms with Crippen molar-refractivity contribution in [2.75, 3.05) is 6.61 Å². The molecule has 7 nitrogen and oxygen atoms in total. The van der Waals surface area contributed by atoms with Crippen LogP contribution in [0.15, 0.2) is 65.8 Å². The minimum atomic E-state index is -0.599. The Balaban J connectivity index is 1.52. The first kappa shape index (κ1) is 18.0. The van der Waals surface area contributed by atoms with E-state index >= 15 is 0 Å². The Kier molecular flexibility index (Phi) is 5.67. The topological polar surface area (TPSA) is 85.7 Å². The van der Waals surface area contributed by atoms with Crippen LogP contribution in [0.5, 0.6) is 0 Å². The molecule has 2 aromatic carbocycles.